The Bertz CT molecular complexity index is 754. The Morgan fingerprint density at radius 3 is 2.83 bits per heavy atom. The molecule has 5 nitrogen and oxygen atoms in total. The van der Waals surface area contributed by atoms with Crippen LogP contribution < -0.4 is 5.32 Å². The molecule has 0 aliphatic heterocycles. The summed E-state index contributed by atoms with van der Waals surface area (Å²) in [4.78, 5) is 19.1. The summed E-state index contributed by atoms with van der Waals surface area (Å²) in [6, 6.07) is 2.64. The molecule has 0 aromatic carbocycles. The third-order valence-corrected chi connectivity index (χ3v) is 4.27. The van der Waals surface area contributed by atoms with Gasteiger partial charge < -0.3 is 5.32 Å². The van der Waals surface area contributed by atoms with Crippen molar-refractivity contribution in [3.8, 4) is 6.07 Å². The van der Waals surface area contributed by atoms with E-state index in [9.17, 15) is 18.0 Å². The van der Waals surface area contributed by atoms with Gasteiger partial charge in [-0.2, -0.15) is 18.4 Å². The molecule has 1 N–H and O–H groups in total. The van der Waals surface area contributed by atoms with Gasteiger partial charge >= 0.3 is 6.18 Å². The summed E-state index contributed by atoms with van der Waals surface area (Å²) < 4.78 is 38.4. The van der Waals surface area contributed by atoms with Crippen molar-refractivity contribution >= 4 is 34.1 Å². The Kier molecular flexibility index (Phi) is 5.23. The number of thiazole rings is 1. The molecular formula is C13H9F3N4OS2. The van der Waals surface area contributed by atoms with Gasteiger partial charge in [0.15, 0.2) is 5.13 Å². The maximum absolute atomic E-state index is 12.8. The highest BCUT2D eigenvalue weighted by Crippen LogP contribution is 2.32. The van der Waals surface area contributed by atoms with Crippen LogP contribution in [0.15, 0.2) is 22.7 Å². The average Bonchev–Trinajstić information content (AvgIpc) is 2.96. The van der Waals surface area contributed by atoms with E-state index in [4.69, 9.17) is 5.26 Å². The van der Waals surface area contributed by atoms with Crippen molar-refractivity contribution in [2.75, 3.05) is 11.1 Å². The summed E-state index contributed by atoms with van der Waals surface area (Å²) in [5, 5.41) is 13.5. The average molecular weight is 358 g/mol. The third-order valence-electron chi connectivity index (χ3n) is 2.60. The molecule has 2 aromatic rings. The maximum atomic E-state index is 12.8. The molecule has 0 unspecified atom stereocenters. The molecule has 0 spiro atoms. The predicted molar refractivity (Wildman–Crippen MR) is 80.2 cm³/mol. The van der Waals surface area contributed by atoms with Gasteiger partial charge in [-0.05, 0) is 18.6 Å². The number of carbonyl (C=O) groups is 1. The van der Waals surface area contributed by atoms with E-state index in [0.717, 1.165) is 17.8 Å². The summed E-state index contributed by atoms with van der Waals surface area (Å²) in [6.45, 7) is 1.40. The number of hydrogen-bond acceptors (Lipinski definition) is 6. The van der Waals surface area contributed by atoms with Crippen molar-refractivity contribution in [3.05, 3.63) is 34.5 Å². The molecule has 2 rings (SSSR count). The molecule has 0 aliphatic rings. The molecule has 1 amide bonds. The van der Waals surface area contributed by atoms with E-state index >= 15 is 0 Å². The highest BCUT2D eigenvalue weighted by atomic mass is 32.2. The van der Waals surface area contributed by atoms with Gasteiger partial charge in [0.25, 0.3) is 0 Å². The Balaban J connectivity index is 2.16. The number of pyridine rings is 1. The van der Waals surface area contributed by atoms with Crippen LogP contribution >= 0.6 is 23.1 Å². The first-order valence-electron chi connectivity index (χ1n) is 6.12. The van der Waals surface area contributed by atoms with E-state index in [0.29, 0.717) is 5.13 Å². The number of anilines is 1. The second-order valence-electron chi connectivity index (χ2n) is 4.29. The highest BCUT2D eigenvalue weighted by Gasteiger charge is 2.34. The number of rotatable bonds is 4. The summed E-state index contributed by atoms with van der Waals surface area (Å²) in [5.74, 6) is -0.618. The molecule has 10 heteroatoms. The first kappa shape index (κ1) is 17.2. The molecule has 0 fully saturated rings. The smallest absolute Gasteiger partial charge is 0.301 e. The Morgan fingerprint density at radius 1 is 1.52 bits per heavy atom. The zero-order valence-electron chi connectivity index (χ0n) is 11.6. The lowest BCUT2D eigenvalue weighted by Crippen LogP contribution is -2.15. The first-order valence-corrected chi connectivity index (χ1v) is 7.99. The molecule has 0 aliphatic carbocycles. The number of hydrogen-bond donors (Lipinski definition) is 1. The highest BCUT2D eigenvalue weighted by molar-refractivity contribution is 8.00. The van der Waals surface area contributed by atoms with Crippen LogP contribution in [0.5, 0.6) is 0 Å². The van der Waals surface area contributed by atoms with Crippen molar-refractivity contribution < 1.29 is 18.0 Å². The molecule has 2 aromatic heterocycles. The van der Waals surface area contributed by atoms with Gasteiger partial charge in [0.2, 0.25) is 5.91 Å². The van der Waals surface area contributed by atoms with Crippen molar-refractivity contribution in [3.63, 3.8) is 0 Å². The van der Waals surface area contributed by atoms with E-state index < -0.39 is 17.8 Å². The lowest BCUT2D eigenvalue weighted by Gasteiger charge is -2.11. The van der Waals surface area contributed by atoms with Gasteiger partial charge in [-0.15, -0.1) is 11.3 Å². The summed E-state index contributed by atoms with van der Waals surface area (Å²) in [5.41, 5.74) is -0.889. The first-order chi connectivity index (χ1) is 10.8. The molecule has 0 saturated heterocycles. The Hall–Kier alpha value is -2.12. The molecule has 0 saturated carbocycles. The number of amides is 1. The number of alkyl halides is 3. The van der Waals surface area contributed by atoms with E-state index in [2.05, 4.69) is 15.3 Å². The summed E-state index contributed by atoms with van der Waals surface area (Å²) >= 11 is 2.00. The molecule has 2 heterocycles. The van der Waals surface area contributed by atoms with Crippen molar-refractivity contribution in [1.29, 1.82) is 5.26 Å². The molecule has 120 valence electrons. The topological polar surface area (TPSA) is 78.7 Å². The fourth-order valence-electron chi connectivity index (χ4n) is 1.60. The minimum atomic E-state index is -4.61. The number of thioether (sulfide) groups is 1. The number of halogens is 3. The van der Waals surface area contributed by atoms with E-state index in [-0.39, 0.29) is 21.9 Å². The van der Waals surface area contributed by atoms with Crippen LogP contribution in [0.3, 0.4) is 0 Å². The van der Waals surface area contributed by atoms with Crippen molar-refractivity contribution in [2.24, 2.45) is 0 Å². The number of aryl methyl sites for hydroxylation is 1. The summed E-state index contributed by atoms with van der Waals surface area (Å²) in [7, 11) is 0. The number of nitrogens with zero attached hydrogens (tertiary/aromatic N) is 3. The van der Waals surface area contributed by atoms with Crippen LogP contribution in [-0.4, -0.2) is 21.6 Å². The molecule has 0 bridgehead atoms. The standard InChI is InChI=1S/C13H9F3N4OS2/c1-7-4-9(13(14,15)16)19-11(8(7)5-17)23-6-10(21)20-12-18-2-3-22-12/h2-4H,6H2,1H3,(H,18,20,21). The van der Waals surface area contributed by atoms with Crippen molar-refractivity contribution in [2.45, 2.75) is 18.1 Å². The second kappa shape index (κ2) is 6.97. The van der Waals surface area contributed by atoms with Crippen LogP contribution in [0.2, 0.25) is 0 Å². The lowest BCUT2D eigenvalue weighted by atomic mass is 10.1. The number of carbonyl (C=O) groups excluding carboxylic acids is 1. The second-order valence-corrected chi connectivity index (χ2v) is 6.15. The van der Waals surface area contributed by atoms with Gasteiger partial charge in [0, 0.05) is 11.6 Å². The SMILES string of the molecule is Cc1cc(C(F)(F)F)nc(SCC(=O)Nc2nccs2)c1C#N. The summed E-state index contributed by atoms with van der Waals surface area (Å²) in [6.07, 6.45) is -3.10. The fourth-order valence-corrected chi connectivity index (χ4v) is 3.00. The van der Waals surface area contributed by atoms with E-state index in [1.807, 2.05) is 6.07 Å². The molecule has 0 radical (unpaired) electrons. The molecule has 0 atom stereocenters. The van der Waals surface area contributed by atoms with Gasteiger partial charge in [0.1, 0.15) is 16.8 Å². The van der Waals surface area contributed by atoms with Crippen LogP contribution in [0, 0.1) is 18.3 Å². The van der Waals surface area contributed by atoms with Gasteiger partial charge in [0.05, 0.1) is 11.3 Å². The Labute approximate surface area is 137 Å². The number of aromatic nitrogens is 2. The zero-order chi connectivity index (χ0) is 17.0. The number of nitriles is 1. The predicted octanol–water partition coefficient (Wildman–Crippen LogP) is 3.47. The maximum Gasteiger partial charge on any atom is 0.433 e. The largest absolute Gasteiger partial charge is 0.433 e. The van der Waals surface area contributed by atoms with Crippen LogP contribution in [0.4, 0.5) is 18.3 Å². The fraction of sp³-hybridized carbons (Fsp3) is 0.231. The van der Waals surface area contributed by atoms with Crippen LogP contribution in [0.25, 0.3) is 0 Å². The van der Waals surface area contributed by atoms with Gasteiger partial charge in [-0.1, -0.05) is 11.8 Å². The number of nitrogens with one attached hydrogen (secondary N) is 1. The Morgan fingerprint density at radius 2 is 2.26 bits per heavy atom. The molecular weight excluding hydrogens is 349 g/mol. The minimum Gasteiger partial charge on any atom is -0.301 e. The van der Waals surface area contributed by atoms with Gasteiger partial charge in [-0.25, -0.2) is 9.97 Å². The monoisotopic (exact) mass is 358 g/mol. The van der Waals surface area contributed by atoms with Gasteiger partial charge in [-0.3, -0.25) is 4.79 Å². The molecule has 23 heavy (non-hydrogen) atoms. The van der Waals surface area contributed by atoms with Crippen LogP contribution in [-0.2, 0) is 11.0 Å². The third kappa shape index (κ3) is 4.43. The lowest BCUT2D eigenvalue weighted by molar-refractivity contribution is -0.141. The quantitative estimate of drug-likeness (QED) is 0.847. The minimum absolute atomic E-state index is 0.0325. The van der Waals surface area contributed by atoms with Crippen LogP contribution in [0.1, 0.15) is 16.8 Å². The zero-order valence-corrected chi connectivity index (χ0v) is 13.3. The van der Waals surface area contributed by atoms with Crippen molar-refractivity contribution in [1.82, 2.24) is 9.97 Å². The van der Waals surface area contributed by atoms with E-state index in [1.165, 1.54) is 24.5 Å². The normalized spacial score (nSPS) is 11.1. The van der Waals surface area contributed by atoms with E-state index in [1.54, 1.807) is 5.38 Å².